The third kappa shape index (κ3) is 5.25. The second-order valence-electron chi connectivity index (χ2n) is 5.90. The van der Waals surface area contributed by atoms with Crippen LogP contribution in [0.1, 0.15) is 70.6 Å². The first-order valence-corrected chi connectivity index (χ1v) is 7.84. The normalized spacial score (nSPS) is 22.5. The lowest BCUT2D eigenvalue weighted by Crippen LogP contribution is -2.21. The lowest BCUT2D eigenvalue weighted by atomic mass is 9.87. The van der Waals surface area contributed by atoms with Crippen LogP contribution in [0, 0.1) is 5.92 Å². The maximum Gasteiger partial charge on any atom is -0.00116 e. The van der Waals surface area contributed by atoms with Gasteiger partial charge >= 0.3 is 0 Å². The van der Waals surface area contributed by atoms with E-state index in [1.165, 1.54) is 83.7 Å². The van der Waals surface area contributed by atoms with Gasteiger partial charge in [0.1, 0.15) is 0 Å². The van der Waals surface area contributed by atoms with Crippen LogP contribution in [0.15, 0.2) is 11.6 Å². The Morgan fingerprint density at radius 1 is 1.00 bits per heavy atom. The molecule has 0 spiro atoms. The molecule has 2 aliphatic carbocycles. The molecule has 1 heteroatoms. The van der Waals surface area contributed by atoms with Gasteiger partial charge in [-0.2, -0.15) is 0 Å². The Morgan fingerprint density at radius 3 is 2.65 bits per heavy atom. The van der Waals surface area contributed by atoms with E-state index in [2.05, 4.69) is 11.4 Å². The quantitative estimate of drug-likeness (QED) is 0.530. The minimum atomic E-state index is 1.03. The summed E-state index contributed by atoms with van der Waals surface area (Å²) in [7, 11) is 0. The van der Waals surface area contributed by atoms with E-state index in [0.29, 0.717) is 0 Å². The molecule has 0 atom stereocenters. The number of nitrogens with one attached hydrogen (secondary N) is 1. The summed E-state index contributed by atoms with van der Waals surface area (Å²) in [6.07, 6.45) is 18.2. The summed E-state index contributed by atoms with van der Waals surface area (Å²) in [5.74, 6) is 1.03. The van der Waals surface area contributed by atoms with E-state index in [9.17, 15) is 0 Å². The van der Waals surface area contributed by atoms with E-state index in [1.807, 2.05) is 0 Å². The predicted octanol–water partition coefficient (Wildman–Crippen LogP) is 4.44. The van der Waals surface area contributed by atoms with Crippen LogP contribution in [-0.4, -0.2) is 13.1 Å². The van der Waals surface area contributed by atoms with Crippen molar-refractivity contribution in [1.29, 1.82) is 0 Å². The smallest absolute Gasteiger partial charge is 0.00116 e. The molecule has 0 bridgehead atoms. The Balaban J connectivity index is 1.47. The maximum atomic E-state index is 3.64. The van der Waals surface area contributed by atoms with Gasteiger partial charge in [-0.05, 0) is 57.5 Å². The van der Waals surface area contributed by atoms with Crippen molar-refractivity contribution in [3.8, 4) is 0 Å². The first kappa shape index (κ1) is 13.1. The molecule has 0 amide bonds. The van der Waals surface area contributed by atoms with E-state index in [1.54, 1.807) is 5.57 Å². The summed E-state index contributed by atoms with van der Waals surface area (Å²) in [6, 6.07) is 0. The molecule has 1 N–H and O–H groups in total. The van der Waals surface area contributed by atoms with Crippen molar-refractivity contribution in [2.24, 2.45) is 5.92 Å². The molecule has 0 heterocycles. The van der Waals surface area contributed by atoms with Gasteiger partial charge in [-0.25, -0.2) is 0 Å². The highest BCUT2D eigenvalue weighted by Crippen LogP contribution is 2.25. The summed E-state index contributed by atoms with van der Waals surface area (Å²) in [4.78, 5) is 0. The van der Waals surface area contributed by atoms with Crippen LogP contribution in [0.4, 0.5) is 0 Å². The molecule has 0 aromatic heterocycles. The Morgan fingerprint density at radius 2 is 1.88 bits per heavy atom. The van der Waals surface area contributed by atoms with E-state index >= 15 is 0 Å². The number of hydrogen-bond acceptors (Lipinski definition) is 1. The van der Waals surface area contributed by atoms with Crippen molar-refractivity contribution in [1.82, 2.24) is 5.32 Å². The van der Waals surface area contributed by atoms with Gasteiger partial charge in [0, 0.05) is 0 Å². The first-order valence-electron chi connectivity index (χ1n) is 7.84. The highest BCUT2D eigenvalue weighted by molar-refractivity contribution is 5.05. The minimum Gasteiger partial charge on any atom is -0.316 e. The summed E-state index contributed by atoms with van der Waals surface area (Å²) in [5, 5.41) is 3.64. The Bertz CT molecular complexity index is 226. The SMILES string of the molecule is C1=C(CCNCCC2CCCCC2)CCCC1. The molecule has 1 saturated carbocycles. The third-order valence-electron chi connectivity index (χ3n) is 4.46. The maximum absolute atomic E-state index is 3.64. The summed E-state index contributed by atoms with van der Waals surface area (Å²) >= 11 is 0. The van der Waals surface area contributed by atoms with Crippen molar-refractivity contribution in [2.45, 2.75) is 70.6 Å². The Labute approximate surface area is 107 Å². The fourth-order valence-corrected chi connectivity index (χ4v) is 3.29. The lowest BCUT2D eigenvalue weighted by molar-refractivity contribution is 0.334. The zero-order valence-corrected chi connectivity index (χ0v) is 11.3. The van der Waals surface area contributed by atoms with Crippen LogP contribution < -0.4 is 5.32 Å². The molecular weight excluding hydrogens is 206 g/mol. The average molecular weight is 235 g/mol. The monoisotopic (exact) mass is 235 g/mol. The van der Waals surface area contributed by atoms with Crippen molar-refractivity contribution in [3.05, 3.63) is 11.6 Å². The standard InChI is InChI=1S/C16H29N/c1-3-7-15(8-4-1)11-13-17-14-12-16-9-5-2-6-10-16/h7,16-17H,1-6,8-14H2. The van der Waals surface area contributed by atoms with Crippen LogP contribution in [0.2, 0.25) is 0 Å². The summed E-state index contributed by atoms with van der Waals surface area (Å²) in [6.45, 7) is 2.45. The van der Waals surface area contributed by atoms with Crippen LogP contribution in [0.5, 0.6) is 0 Å². The second-order valence-corrected chi connectivity index (χ2v) is 5.90. The summed E-state index contributed by atoms with van der Waals surface area (Å²) < 4.78 is 0. The third-order valence-corrected chi connectivity index (χ3v) is 4.46. The number of rotatable bonds is 6. The first-order chi connectivity index (χ1) is 8.45. The van der Waals surface area contributed by atoms with E-state index in [4.69, 9.17) is 0 Å². The van der Waals surface area contributed by atoms with Crippen LogP contribution >= 0.6 is 0 Å². The Kier molecular flexibility index (Phi) is 6.12. The van der Waals surface area contributed by atoms with E-state index < -0.39 is 0 Å². The van der Waals surface area contributed by atoms with Crippen molar-refractivity contribution >= 4 is 0 Å². The molecule has 0 radical (unpaired) electrons. The highest BCUT2D eigenvalue weighted by atomic mass is 14.8. The molecular formula is C16H29N. The highest BCUT2D eigenvalue weighted by Gasteiger charge is 2.12. The van der Waals surface area contributed by atoms with Gasteiger partial charge in [0.2, 0.25) is 0 Å². The van der Waals surface area contributed by atoms with Gasteiger partial charge in [-0.1, -0.05) is 43.8 Å². The Hall–Kier alpha value is -0.300. The summed E-state index contributed by atoms with van der Waals surface area (Å²) in [5.41, 5.74) is 1.71. The zero-order chi connectivity index (χ0) is 11.8. The van der Waals surface area contributed by atoms with Gasteiger partial charge in [-0.15, -0.1) is 0 Å². The molecule has 2 rings (SSSR count). The molecule has 2 aliphatic rings. The predicted molar refractivity (Wildman–Crippen MR) is 75.2 cm³/mol. The van der Waals surface area contributed by atoms with Crippen molar-refractivity contribution < 1.29 is 0 Å². The molecule has 0 aromatic carbocycles. The van der Waals surface area contributed by atoms with Crippen LogP contribution in [0.25, 0.3) is 0 Å². The topological polar surface area (TPSA) is 12.0 Å². The molecule has 0 unspecified atom stereocenters. The molecule has 17 heavy (non-hydrogen) atoms. The number of hydrogen-bond donors (Lipinski definition) is 1. The molecule has 0 saturated heterocycles. The zero-order valence-electron chi connectivity index (χ0n) is 11.3. The van der Waals surface area contributed by atoms with Gasteiger partial charge in [-0.3, -0.25) is 0 Å². The van der Waals surface area contributed by atoms with Crippen LogP contribution in [-0.2, 0) is 0 Å². The lowest BCUT2D eigenvalue weighted by Gasteiger charge is -2.21. The molecule has 0 aliphatic heterocycles. The minimum absolute atomic E-state index is 1.03. The second kappa shape index (κ2) is 7.92. The van der Waals surface area contributed by atoms with Crippen molar-refractivity contribution in [2.75, 3.05) is 13.1 Å². The largest absolute Gasteiger partial charge is 0.316 e. The molecule has 1 fully saturated rings. The molecule has 1 nitrogen and oxygen atoms in total. The van der Waals surface area contributed by atoms with Crippen molar-refractivity contribution in [3.63, 3.8) is 0 Å². The van der Waals surface area contributed by atoms with E-state index in [0.717, 1.165) is 5.92 Å². The fraction of sp³-hybridized carbons (Fsp3) is 0.875. The average Bonchev–Trinajstić information content (AvgIpc) is 2.41. The van der Waals surface area contributed by atoms with Gasteiger partial charge in [0.25, 0.3) is 0 Å². The van der Waals surface area contributed by atoms with Gasteiger partial charge in [0.05, 0.1) is 0 Å². The van der Waals surface area contributed by atoms with Crippen LogP contribution in [0.3, 0.4) is 0 Å². The number of allylic oxidation sites excluding steroid dienone is 1. The fourth-order valence-electron chi connectivity index (χ4n) is 3.29. The van der Waals surface area contributed by atoms with Gasteiger partial charge < -0.3 is 5.32 Å². The van der Waals surface area contributed by atoms with E-state index in [-0.39, 0.29) is 0 Å². The molecule has 0 aromatic rings. The molecule has 98 valence electrons. The van der Waals surface area contributed by atoms with Gasteiger partial charge in [0.15, 0.2) is 0 Å².